The van der Waals surface area contributed by atoms with Gasteiger partial charge in [-0.25, -0.2) is 24.5 Å². The number of amides is 2. The quantitative estimate of drug-likeness (QED) is 0.410. The largest absolute Gasteiger partial charge is 0.350 e. The molecule has 0 atom stereocenters. The van der Waals surface area contributed by atoms with Gasteiger partial charge in [-0.2, -0.15) is 5.10 Å². The Labute approximate surface area is 166 Å². The van der Waals surface area contributed by atoms with Gasteiger partial charge in [-0.3, -0.25) is 4.98 Å². The number of benzene rings is 1. The minimum atomic E-state index is -0.626. The summed E-state index contributed by atoms with van der Waals surface area (Å²) in [5.41, 5.74) is 9.29. The number of fused-ring (bicyclic) bond motifs is 2. The number of nitrogens with zero attached hydrogens (tertiary/aromatic N) is 8. The second-order valence-corrected chi connectivity index (χ2v) is 6.42. The fraction of sp³-hybridized carbons (Fsp3) is 0.211. The summed E-state index contributed by atoms with van der Waals surface area (Å²) in [6.07, 6.45) is 3.32. The molecule has 0 saturated carbocycles. The fourth-order valence-corrected chi connectivity index (χ4v) is 2.94. The Kier molecular flexibility index (Phi) is 4.82. The van der Waals surface area contributed by atoms with Gasteiger partial charge in [0.25, 0.3) is 0 Å². The lowest BCUT2D eigenvalue weighted by Crippen LogP contribution is -2.32. The molecular weight excluding hydrogens is 370 g/mol. The van der Waals surface area contributed by atoms with Gasteiger partial charge >= 0.3 is 6.03 Å². The van der Waals surface area contributed by atoms with Gasteiger partial charge < -0.3 is 5.73 Å². The van der Waals surface area contributed by atoms with Crippen molar-refractivity contribution in [2.75, 3.05) is 6.54 Å². The Bertz CT molecular complexity index is 1230. The molecule has 0 bridgehead atoms. The van der Waals surface area contributed by atoms with Crippen molar-refractivity contribution in [1.82, 2.24) is 35.0 Å². The number of primary amides is 1. The number of hydrogen-bond donors (Lipinski definition) is 1. The van der Waals surface area contributed by atoms with E-state index in [0.717, 1.165) is 16.5 Å². The van der Waals surface area contributed by atoms with Crippen LogP contribution in [0.5, 0.6) is 0 Å². The molecule has 0 spiro atoms. The number of rotatable bonds is 5. The lowest BCUT2D eigenvalue weighted by molar-refractivity contribution is 0.212. The maximum Gasteiger partial charge on any atom is 0.335 e. The number of carbonyl (C=O) groups is 1. The zero-order chi connectivity index (χ0) is 20.4. The van der Waals surface area contributed by atoms with Crippen molar-refractivity contribution in [3.63, 3.8) is 0 Å². The van der Waals surface area contributed by atoms with Crippen LogP contribution in [0.2, 0.25) is 0 Å². The molecule has 10 heteroatoms. The number of aromatic nitrogens is 6. The standard InChI is InChI=1S/C19H19N9O/c1-3-27(19(20)29)25-12(2)16-10-22-17-18(23-16)28(26-24-17)11-13-6-7-15-14(9-13)5-4-8-21-15/h4-10H,3,11H2,1-2H3,(H2,20,29)/b25-12-. The van der Waals surface area contributed by atoms with E-state index in [2.05, 4.69) is 36.4 Å². The third-order valence-corrected chi connectivity index (χ3v) is 4.42. The van der Waals surface area contributed by atoms with Gasteiger partial charge in [-0.05, 0) is 37.6 Å². The van der Waals surface area contributed by atoms with E-state index in [0.29, 0.717) is 35.8 Å². The van der Waals surface area contributed by atoms with Crippen molar-refractivity contribution in [3.05, 3.63) is 54.0 Å². The number of hydrogen-bond acceptors (Lipinski definition) is 7. The normalized spacial score (nSPS) is 11.9. The highest BCUT2D eigenvalue weighted by molar-refractivity contribution is 5.98. The summed E-state index contributed by atoms with van der Waals surface area (Å²) in [7, 11) is 0. The van der Waals surface area contributed by atoms with E-state index in [-0.39, 0.29) is 0 Å². The van der Waals surface area contributed by atoms with Gasteiger partial charge in [0.2, 0.25) is 5.65 Å². The van der Waals surface area contributed by atoms with Gasteiger partial charge in [-0.1, -0.05) is 17.3 Å². The maximum atomic E-state index is 11.4. The molecule has 4 aromatic rings. The van der Waals surface area contributed by atoms with Crippen molar-refractivity contribution in [2.45, 2.75) is 20.4 Å². The highest BCUT2D eigenvalue weighted by Gasteiger charge is 2.13. The highest BCUT2D eigenvalue weighted by atomic mass is 16.2. The third-order valence-electron chi connectivity index (χ3n) is 4.42. The summed E-state index contributed by atoms with van der Waals surface area (Å²) < 4.78 is 1.68. The van der Waals surface area contributed by atoms with Crippen LogP contribution >= 0.6 is 0 Å². The van der Waals surface area contributed by atoms with Gasteiger partial charge in [0.1, 0.15) is 5.69 Å². The first-order valence-electron chi connectivity index (χ1n) is 9.07. The highest BCUT2D eigenvalue weighted by Crippen LogP contribution is 2.16. The van der Waals surface area contributed by atoms with Crippen LogP contribution in [0.4, 0.5) is 4.79 Å². The summed E-state index contributed by atoms with van der Waals surface area (Å²) in [5.74, 6) is 0. The second kappa shape index (κ2) is 7.58. The van der Waals surface area contributed by atoms with Crippen LogP contribution in [0.3, 0.4) is 0 Å². The van der Waals surface area contributed by atoms with Crippen LogP contribution in [0.1, 0.15) is 25.1 Å². The molecule has 0 saturated heterocycles. The second-order valence-electron chi connectivity index (χ2n) is 6.42. The Morgan fingerprint density at radius 1 is 1.28 bits per heavy atom. The van der Waals surface area contributed by atoms with Crippen LogP contribution in [0.25, 0.3) is 22.2 Å². The molecule has 0 unspecified atom stereocenters. The van der Waals surface area contributed by atoms with Gasteiger partial charge in [0, 0.05) is 18.1 Å². The first-order valence-corrected chi connectivity index (χ1v) is 9.07. The molecule has 3 heterocycles. The van der Waals surface area contributed by atoms with Gasteiger partial charge in [0.05, 0.1) is 24.0 Å². The SMILES string of the molecule is CCN(/N=C(/C)c1cnc2nnn(Cc3ccc4ncccc4c3)c2n1)C(N)=O. The van der Waals surface area contributed by atoms with Crippen molar-refractivity contribution in [3.8, 4) is 0 Å². The van der Waals surface area contributed by atoms with Crippen LogP contribution in [0, 0.1) is 0 Å². The zero-order valence-corrected chi connectivity index (χ0v) is 16.0. The predicted octanol–water partition coefficient (Wildman–Crippen LogP) is 1.94. The number of nitrogens with two attached hydrogens (primary N) is 1. The average Bonchev–Trinajstić information content (AvgIpc) is 3.13. The Morgan fingerprint density at radius 2 is 2.14 bits per heavy atom. The topological polar surface area (TPSA) is 128 Å². The first-order chi connectivity index (χ1) is 14.0. The molecule has 0 radical (unpaired) electrons. The summed E-state index contributed by atoms with van der Waals surface area (Å²) in [6.45, 7) is 4.37. The Morgan fingerprint density at radius 3 is 2.93 bits per heavy atom. The molecule has 2 amide bonds. The molecule has 0 aliphatic heterocycles. The van der Waals surface area contributed by atoms with Crippen LogP contribution in [-0.4, -0.2) is 53.2 Å². The molecule has 0 aliphatic rings. The molecular formula is C19H19N9O. The van der Waals surface area contributed by atoms with E-state index < -0.39 is 6.03 Å². The summed E-state index contributed by atoms with van der Waals surface area (Å²) in [6, 6.07) is 9.33. The molecule has 3 aromatic heterocycles. The number of hydrazone groups is 1. The summed E-state index contributed by atoms with van der Waals surface area (Å²) in [4.78, 5) is 24.6. The maximum absolute atomic E-state index is 11.4. The van der Waals surface area contributed by atoms with Crippen LogP contribution < -0.4 is 5.73 Å². The Hall–Kier alpha value is -3.95. The first kappa shape index (κ1) is 18.4. The summed E-state index contributed by atoms with van der Waals surface area (Å²) >= 11 is 0. The summed E-state index contributed by atoms with van der Waals surface area (Å²) in [5, 5.41) is 14.7. The van der Waals surface area contributed by atoms with Crippen molar-refractivity contribution < 1.29 is 4.79 Å². The molecule has 29 heavy (non-hydrogen) atoms. The van der Waals surface area contributed by atoms with E-state index >= 15 is 0 Å². The molecule has 0 fully saturated rings. The van der Waals surface area contributed by atoms with Gasteiger partial charge in [-0.15, -0.1) is 5.10 Å². The van der Waals surface area contributed by atoms with Crippen LogP contribution in [0.15, 0.2) is 47.8 Å². The molecule has 1 aromatic carbocycles. The predicted molar refractivity (Wildman–Crippen MR) is 108 cm³/mol. The van der Waals surface area contributed by atoms with Crippen LogP contribution in [-0.2, 0) is 6.54 Å². The molecule has 4 rings (SSSR count). The lowest BCUT2D eigenvalue weighted by atomic mass is 10.1. The van der Waals surface area contributed by atoms with E-state index in [1.165, 1.54) is 5.01 Å². The lowest BCUT2D eigenvalue weighted by Gasteiger charge is -2.12. The fourth-order valence-electron chi connectivity index (χ4n) is 2.94. The van der Waals surface area contributed by atoms with Gasteiger partial charge in [0.15, 0.2) is 5.65 Å². The van der Waals surface area contributed by atoms with Crippen molar-refractivity contribution in [1.29, 1.82) is 0 Å². The third kappa shape index (κ3) is 3.72. The van der Waals surface area contributed by atoms with E-state index in [9.17, 15) is 4.79 Å². The monoisotopic (exact) mass is 389 g/mol. The number of pyridine rings is 1. The average molecular weight is 389 g/mol. The number of urea groups is 1. The Balaban J connectivity index is 1.67. The van der Waals surface area contributed by atoms with Crippen molar-refractivity contribution >= 4 is 33.9 Å². The smallest absolute Gasteiger partial charge is 0.335 e. The zero-order valence-electron chi connectivity index (χ0n) is 16.0. The molecule has 0 aliphatic carbocycles. The number of carbonyl (C=O) groups excluding carboxylic acids is 1. The molecule has 146 valence electrons. The molecule has 2 N–H and O–H groups in total. The van der Waals surface area contributed by atoms with E-state index in [1.54, 1.807) is 30.9 Å². The van der Waals surface area contributed by atoms with E-state index in [4.69, 9.17) is 5.73 Å². The van der Waals surface area contributed by atoms with Crippen molar-refractivity contribution in [2.24, 2.45) is 10.8 Å². The molecule has 10 nitrogen and oxygen atoms in total. The van der Waals surface area contributed by atoms with E-state index in [1.807, 2.05) is 24.3 Å². The minimum Gasteiger partial charge on any atom is -0.350 e. The minimum absolute atomic E-state index is 0.360.